The van der Waals surface area contributed by atoms with E-state index in [-0.39, 0.29) is 17.7 Å². The predicted molar refractivity (Wildman–Crippen MR) is 114 cm³/mol. The van der Waals surface area contributed by atoms with Gasteiger partial charge in [0.25, 0.3) is 5.91 Å². The van der Waals surface area contributed by atoms with E-state index >= 15 is 0 Å². The molecular formula is C24H26FN2O2+. The number of halogens is 1. The zero-order chi connectivity index (χ0) is 20.8. The first kappa shape index (κ1) is 20.6. The molecule has 1 unspecified atom stereocenters. The maximum Gasteiger partial charge on any atom is 0.282 e. The molecule has 0 fully saturated rings. The quantitative estimate of drug-likeness (QED) is 0.645. The van der Waals surface area contributed by atoms with Crippen LogP contribution < -0.4 is 15.0 Å². The SMILES string of the molecule is COc1ccc(C[NH+](C)[C@H](C)C(=O)Nc2ccccc2-c2ccccc2)cc1F. The molecule has 0 aromatic heterocycles. The number of benzene rings is 3. The van der Waals surface area contributed by atoms with E-state index in [9.17, 15) is 9.18 Å². The Hall–Kier alpha value is -3.18. The summed E-state index contributed by atoms with van der Waals surface area (Å²) in [6.07, 6.45) is 0. The van der Waals surface area contributed by atoms with Gasteiger partial charge in [-0.25, -0.2) is 4.39 Å². The summed E-state index contributed by atoms with van der Waals surface area (Å²) in [6.45, 7) is 2.39. The van der Waals surface area contributed by atoms with Crippen LogP contribution >= 0.6 is 0 Å². The van der Waals surface area contributed by atoms with Gasteiger partial charge >= 0.3 is 0 Å². The van der Waals surface area contributed by atoms with Gasteiger partial charge in [0.15, 0.2) is 17.6 Å². The van der Waals surface area contributed by atoms with Crippen molar-refractivity contribution >= 4 is 11.6 Å². The van der Waals surface area contributed by atoms with Gasteiger partial charge in [-0.05, 0) is 36.8 Å². The number of hydrogen-bond donors (Lipinski definition) is 2. The van der Waals surface area contributed by atoms with Crippen LogP contribution in [0.4, 0.5) is 10.1 Å². The van der Waals surface area contributed by atoms with E-state index < -0.39 is 5.82 Å². The van der Waals surface area contributed by atoms with E-state index in [4.69, 9.17) is 4.74 Å². The predicted octanol–water partition coefficient (Wildman–Crippen LogP) is 3.54. The van der Waals surface area contributed by atoms with Gasteiger partial charge in [-0.15, -0.1) is 0 Å². The molecule has 0 saturated carbocycles. The molecule has 5 heteroatoms. The lowest BCUT2D eigenvalue weighted by atomic mass is 10.0. The molecule has 0 aliphatic heterocycles. The van der Waals surface area contributed by atoms with Gasteiger partial charge in [0.05, 0.1) is 14.2 Å². The monoisotopic (exact) mass is 393 g/mol. The molecule has 3 rings (SSSR count). The zero-order valence-corrected chi connectivity index (χ0v) is 16.9. The Labute approximate surface area is 170 Å². The molecule has 0 aliphatic carbocycles. The molecule has 0 aliphatic rings. The number of hydrogen-bond acceptors (Lipinski definition) is 2. The Kier molecular flexibility index (Phi) is 6.62. The van der Waals surface area contributed by atoms with E-state index in [2.05, 4.69) is 5.32 Å². The number of amides is 1. The molecule has 150 valence electrons. The second-order valence-corrected chi connectivity index (χ2v) is 7.11. The molecule has 3 aromatic carbocycles. The molecule has 0 bridgehead atoms. The highest BCUT2D eigenvalue weighted by molar-refractivity contribution is 5.97. The number of quaternary nitrogens is 1. The number of methoxy groups -OCH3 is 1. The first-order valence-corrected chi connectivity index (χ1v) is 9.59. The highest BCUT2D eigenvalue weighted by Crippen LogP contribution is 2.27. The molecule has 0 heterocycles. The number of rotatable bonds is 7. The van der Waals surface area contributed by atoms with Crippen LogP contribution in [0, 0.1) is 5.82 Å². The van der Waals surface area contributed by atoms with Crippen LogP contribution in [0.2, 0.25) is 0 Å². The van der Waals surface area contributed by atoms with Gasteiger partial charge in [-0.1, -0.05) is 48.5 Å². The Balaban J connectivity index is 1.70. The van der Waals surface area contributed by atoms with Crippen molar-refractivity contribution in [3.8, 4) is 16.9 Å². The van der Waals surface area contributed by atoms with E-state index in [0.717, 1.165) is 27.3 Å². The van der Waals surface area contributed by atoms with Crippen LogP contribution in [0.25, 0.3) is 11.1 Å². The smallest absolute Gasteiger partial charge is 0.282 e. The lowest BCUT2D eigenvalue weighted by Gasteiger charge is -2.22. The van der Waals surface area contributed by atoms with Crippen molar-refractivity contribution in [2.75, 3.05) is 19.5 Å². The van der Waals surface area contributed by atoms with Crippen LogP contribution in [-0.4, -0.2) is 26.1 Å². The lowest BCUT2D eigenvalue weighted by Crippen LogP contribution is -3.12. The first-order valence-electron chi connectivity index (χ1n) is 9.59. The highest BCUT2D eigenvalue weighted by atomic mass is 19.1. The fraction of sp³-hybridized carbons (Fsp3) is 0.208. The number of para-hydroxylation sites is 1. The average Bonchev–Trinajstić information content (AvgIpc) is 2.74. The molecule has 4 nitrogen and oxygen atoms in total. The zero-order valence-electron chi connectivity index (χ0n) is 16.9. The molecule has 2 atom stereocenters. The van der Waals surface area contributed by atoms with E-state index in [1.165, 1.54) is 13.2 Å². The van der Waals surface area contributed by atoms with Gasteiger partial charge in [0.2, 0.25) is 0 Å². The van der Waals surface area contributed by atoms with Crippen molar-refractivity contribution in [1.29, 1.82) is 0 Å². The lowest BCUT2D eigenvalue weighted by molar-refractivity contribution is -0.907. The Morgan fingerprint density at radius 2 is 1.76 bits per heavy atom. The number of carbonyl (C=O) groups is 1. The molecule has 3 aromatic rings. The number of nitrogens with one attached hydrogen (secondary N) is 2. The van der Waals surface area contributed by atoms with Crippen molar-refractivity contribution < 1.29 is 18.8 Å². The van der Waals surface area contributed by atoms with Crippen LogP contribution in [0.1, 0.15) is 12.5 Å². The summed E-state index contributed by atoms with van der Waals surface area (Å²) in [5.74, 6) is -0.263. The molecule has 0 spiro atoms. The average molecular weight is 393 g/mol. The van der Waals surface area contributed by atoms with Gasteiger partial charge in [-0.3, -0.25) is 4.79 Å². The molecule has 0 radical (unpaired) electrons. The maximum absolute atomic E-state index is 13.9. The third-order valence-electron chi connectivity index (χ3n) is 5.10. The highest BCUT2D eigenvalue weighted by Gasteiger charge is 2.23. The fourth-order valence-electron chi connectivity index (χ4n) is 3.22. The second kappa shape index (κ2) is 9.34. The van der Waals surface area contributed by atoms with Crippen LogP contribution in [0.5, 0.6) is 5.75 Å². The van der Waals surface area contributed by atoms with Crippen LogP contribution in [-0.2, 0) is 11.3 Å². The Morgan fingerprint density at radius 3 is 2.45 bits per heavy atom. The molecular weight excluding hydrogens is 367 g/mol. The minimum absolute atomic E-state index is 0.0835. The third-order valence-corrected chi connectivity index (χ3v) is 5.10. The standard InChI is InChI=1S/C24H25FN2O2/c1-17(27(2)16-18-13-14-23(29-3)21(25)15-18)24(28)26-22-12-8-7-11-20(22)19-9-5-4-6-10-19/h4-15,17H,16H2,1-3H3,(H,26,28)/p+1/t17-/m1/s1. The number of ether oxygens (including phenoxy) is 1. The summed E-state index contributed by atoms with van der Waals surface area (Å²) in [6, 6.07) is 22.3. The summed E-state index contributed by atoms with van der Waals surface area (Å²) in [4.78, 5) is 13.8. The topological polar surface area (TPSA) is 42.8 Å². The van der Waals surface area contributed by atoms with E-state index in [1.807, 2.05) is 74.6 Å². The summed E-state index contributed by atoms with van der Waals surface area (Å²) in [7, 11) is 3.37. The third kappa shape index (κ3) is 5.00. The molecule has 29 heavy (non-hydrogen) atoms. The second-order valence-electron chi connectivity index (χ2n) is 7.11. The number of likely N-dealkylation sites (N-methyl/N-ethyl adjacent to an activating group) is 1. The van der Waals surface area contributed by atoms with Crippen molar-refractivity contribution in [2.45, 2.75) is 19.5 Å². The minimum atomic E-state index is -0.397. The summed E-state index contributed by atoms with van der Waals surface area (Å²) < 4.78 is 18.9. The largest absolute Gasteiger partial charge is 0.494 e. The van der Waals surface area contributed by atoms with Gasteiger partial charge in [0, 0.05) is 16.8 Å². The molecule has 0 saturated heterocycles. The van der Waals surface area contributed by atoms with Crippen LogP contribution in [0.3, 0.4) is 0 Å². The van der Waals surface area contributed by atoms with E-state index in [0.29, 0.717) is 6.54 Å². The van der Waals surface area contributed by atoms with E-state index in [1.54, 1.807) is 6.07 Å². The number of carbonyl (C=O) groups excluding carboxylic acids is 1. The van der Waals surface area contributed by atoms with Crippen molar-refractivity contribution in [3.63, 3.8) is 0 Å². The normalized spacial score (nSPS) is 12.8. The Morgan fingerprint density at radius 1 is 1.07 bits per heavy atom. The Bertz CT molecular complexity index is 976. The van der Waals surface area contributed by atoms with Gasteiger partial charge in [0.1, 0.15) is 6.54 Å². The molecule has 1 amide bonds. The number of anilines is 1. The maximum atomic E-state index is 13.9. The summed E-state index contributed by atoms with van der Waals surface area (Å²) in [5, 5.41) is 3.05. The van der Waals surface area contributed by atoms with Gasteiger partial charge < -0.3 is 15.0 Å². The van der Waals surface area contributed by atoms with Crippen LogP contribution in [0.15, 0.2) is 72.8 Å². The fourth-order valence-corrected chi connectivity index (χ4v) is 3.22. The first-order chi connectivity index (χ1) is 14.0. The van der Waals surface area contributed by atoms with Crippen molar-refractivity contribution in [3.05, 3.63) is 84.2 Å². The summed E-state index contributed by atoms with van der Waals surface area (Å²) >= 11 is 0. The molecule has 2 N–H and O–H groups in total. The van der Waals surface area contributed by atoms with Crippen molar-refractivity contribution in [2.24, 2.45) is 0 Å². The van der Waals surface area contributed by atoms with Gasteiger partial charge in [-0.2, -0.15) is 0 Å². The summed E-state index contributed by atoms with van der Waals surface area (Å²) in [5.41, 5.74) is 3.61. The van der Waals surface area contributed by atoms with Crippen molar-refractivity contribution in [1.82, 2.24) is 0 Å². The minimum Gasteiger partial charge on any atom is -0.494 e.